The van der Waals surface area contributed by atoms with Gasteiger partial charge in [0.1, 0.15) is 6.61 Å². The van der Waals surface area contributed by atoms with E-state index in [1.807, 2.05) is 19.1 Å². The summed E-state index contributed by atoms with van der Waals surface area (Å²) in [6.45, 7) is 4.08. The number of esters is 1. The first-order valence-corrected chi connectivity index (χ1v) is 11.8. The summed E-state index contributed by atoms with van der Waals surface area (Å²) in [5, 5.41) is 12.1. The summed E-state index contributed by atoms with van der Waals surface area (Å²) < 4.78 is 23.5. The van der Waals surface area contributed by atoms with Gasteiger partial charge in [0.25, 0.3) is 5.56 Å². The van der Waals surface area contributed by atoms with E-state index in [4.69, 9.17) is 23.9 Å². The maximum atomic E-state index is 13.5. The third-order valence-electron chi connectivity index (χ3n) is 7.50. The summed E-state index contributed by atoms with van der Waals surface area (Å²) in [5.74, 6) is 0.570. The lowest BCUT2D eigenvalue weighted by atomic mass is 9.86. The number of ether oxygens (including phenoxy) is 4. The number of fused-ring (bicyclic) bond motifs is 6. The number of carbonyl (C=O) groups is 1. The summed E-state index contributed by atoms with van der Waals surface area (Å²) in [6.07, 6.45) is 1.67. The first kappa shape index (κ1) is 22.1. The lowest BCUT2D eigenvalue weighted by molar-refractivity contribution is -0.172. The summed E-state index contributed by atoms with van der Waals surface area (Å²) in [7, 11) is 1.69. The molecule has 35 heavy (non-hydrogen) atoms. The van der Waals surface area contributed by atoms with Crippen LogP contribution in [0.3, 0.4) is 0 Å². The van der Waals surface area contributed by atoms with Gasteiger partial charge in [0.05, 0.1) is 35.1 Å². The zero-order valence-corrected chi connectivity index (χ0v) is 19.8. The minimum Gasteiger partial charge on any atom is -0.458 e. The standard InChI is InChI=1S/C26H26N2O7/c1-4-26(31)18-8-20-23-16(10-28(20)24(29)17(18)11-33-25(26)30)14(6-5-13(2)32-3)15-7-21-22(35-12-34-21)9-19(15)27-23/h7-9,13,31H,4-6,10-12H2,1-3H3/t13-,26+/m1/s1. The van der Waals surface area contributed by atoms with E-state index in [9.17, 15) is 14.7 Å². The fraction of sp³-hybridized carbons (Fsp3) is 0.423. The first-order valence-electron chi connectivity index (χ1n) is 11.8. The molecular weight excluding hydrogens is 452 g/mol. The molecule has 3 aromatic rings. The van der Waals surface area contributed by atoms with Crippen molar-refractivity contribution < 1.29 is 28.8 Å². The van der Waals surface area contributed by atoms with Gasteiger partial charge in [0, 0.05) is 29.7 Å². The average Bonchev–Trinajstić information content (AvgIpc) is 3.47. The van der Waals surface area contributed by atoms with Crippen LogP contribution in [0.25, 0.3) is 22.3 Å². The predicted octanol–water partition coefficient (Wildman–Crippen LogP) is 2.78. The van der Waals surface area contributed by atoms with Crippen molar-refractivity contribution in [3.63, 3.8) is 0 Å². The Kier molecular flexibility index (Phi) is 4.91. The molecule has 0 aliphatic carbocycles. The number of aromatic nitrogens is 2. The van der Waals surface area contributed by atoms with Crippen LogP contribution in [-0.2, 0) is 39.4 Å². The van der Waals surface area contributed by atoms with Crippen molar-refractivity contribution in [3.05, 3.63) is 50.8 Å². The molecule has 0 amide bonds. The highest BCUT2D eigenvalue weighted by molar-refractivity contribution is 5.91. The van der Waals surface area contributed by atoms with Crippen LogP contribution in [0.15, 0.2) is 23.0 Å². The number of nitrogens with zero attached hydrogens (tertiary/aromatic N) is 2. The topological polar surface area (TPSA) is 109 Å². The second-order valence-electron chi connectivity index (χ2n) is 9.33. The number of aryl methyl sites for hydroxylation is 1. The highest BCUT2D eigenvalue weighted by Gasteiger charge is 2.45. The van der Waals surface area contributed by atoms with E-state index in [-0.39, 0.29) is 31.5 Å². The molecule has 9 nitrogen and oxygen atoms in total. The van der Waals surface area contributed by atoms with Crippen LogP contribution in [0.5, 0.6) is 11.5 Å². The number of methoxy groups -OCH3 is 1. The Balaban J connectivity index is 1.60. The van der Waals surface area contributed by atoms with Gasteiger partial charge in [-0.1, -0.05) is 6.92 Å². The summed E-state index contributed by atoms with van der Waals surface area (Å²) in [4.78, 5) is 30.9. The summed E-state index contributed by atoms with van der Waals surface area (Å²) in [6, 6.07) is 5.55. The highest BCUT2D eigenvalue weighted by Crippen LogP contribution is 2.43. The van der Waals surface area contributed by atoms with Gasteiger partial charge in [-0.2, -0.15) is 0 Å². The van der Waals surface area contributed by atoms with E-state index < -0.39 is 11.6 Å². The van der Waals surface area contributed by atoms with Crippen LogP contribution in [-0.4, -0.2) is 40.6 Å². The normalized spacial score (nSPS) is 20.4. The Hall–Kier alpha value is -3.43. The number of carbonyl (C=O) groups excluding carboxylic acids is 1. The number of hydrogen-bond acceptors (Lipinski definition) is 8. The minimum absolute atomic E-state index is 0.0596. The number of pyridine rings is 2. The molecule has 2 atom stereocenters. The van der Waals surface area contributed by atoms with Gasteiger partial charge < -0.3 is 28.6 Å². The zero-order valence-electron chi connectivity index (χ0n) is 19.8. The molecule has 0 saturated carbocycles. The molecule has 3 aliphatic rings. The second kappa shape index (κ2) is 7.79. The Morgan fingerprint density at radius 2 is 1.94 bits per heavy atom. The molecule has 3 aliphatic heterocycles. The van der Waals surface area contributed by atoms with Crippen molar-refractivity contribution in [1.82, 2.24) is 9.55 Å². The molecule has 0 bridgehead atoms. The Morgan fingerprint density at radius 1 is 1.17 bits per heavy atom. The fourth-order valence-electron chi connectivity index (χ4n) is 5.30. The van der Waals surface area contributed by atoms with Crippen LogP contribution in [0, 0.1) is 0 Å². The van der Waals surface area contributed by atoms with E-state index in [1.165, 1.54) is 0 Å². The van der Waals surface area contributed by atoms with E-state index >= 15 is 0 Å². The Bertz CT molecular complexity index is 1460. The molecule has 0 fully saturated rings. The monoisotopic (exact) mass is 478 g/mol. The number of aliphatic hydroxyl groups is 1. The molecule has 2 aromatic heterocycles. The van der Waals surface area contributed by atoms with Gasteiger partial charge >= 0.3 is 5.97 Å². The van der Waals surface area contributed by atoms with Crippen molar-refractivity contribution in [2.24, 2.45) is 0 Å². The van der Waals surface area contributed by atoms with Crippen molar-refractivity contribution >= 4 is 16.9 Å². The van der Waals surface area contributed by atoms with Crippen LogP contribution in [0.1, 0.15) is 48.9 Å². The van der Waals surface area contributed by atoms with Crippen molar-refractivity contribution in [3.8, 4) is 22.9 Å². The van der Waals surface area contributed by atoms with Crippen LogP contribution in [0.4, 0.5) is 0 Å². The van der Waals surface area contributed by atoms with Crippen LogP contribution in [0.2, 0.25) is 0 Å². The molecule has 0 unspecified atom stereocenters. The molecular formula is C26H26N2O7. The third kappa shape index (κ3) is 3.11. The maximum Gasteiger partial charge on any atom is 0.343 e. The van der Waals surface area contributed by atoms with Crippen LogP contribution < -0.4 is 15.0 Å². The number of cyclic esters (lactones) is 1. The maximum absolute atomic E-state index is 13.5. The molecule has 0 radical (unpaired) electrons. The smallest absolute Gasteiger partial charge is 0.343 e. The minimum atomic E-state index is -1.86. The van der Waals surface area contributed by atoms with Gasteiger partial charge in [0.15, 0.2) is 17.1 Å². The second-order valence-corrected chi connectivity index (χ2v) is 9.33. The Morgan fingerprint density at radius 3 is 2.69 bits per heavy atom. The predicted molar refractivity (Wildman–Crippen MR) is 125 cm³/mol. The summed E-state index contributed by atoms with van der Waals surface area (Å²) >= 11 is 0. The average molecular weight is 479 g/mol. The van der Waals surface area contributed by atoms with Crippen LogP contribution >= 0.6 is 0 Å². The Labute approximate surface area is 201 Å². The molecule has 6 rings (SSSR count). The molecule has 9 heteroatoms. The van der Waals surface area contributed by atoms with Gasteiger partial charge in [0.2, 0.25) is 6.79 Å². The number of rotatable bonds is 5. The largest absolute Gasteiger partial charge is 0.458 e. The molecule has 182 valence electrons. The van der Waals surface area contributed by atoms with E-state index in [1.54, 1.807) is 24.7 Å². The first-order chi connectivity index (χ1) is 16.9. The quantitative estimate of drug-likeness (QED) is 0.436. The lowest BCUT2D eigenvalue weighted by Crippen LogP contribution is -2.44. The lowest BCUT2D eigenvalue weighted by Gasteiger charge is -2.31. The third-order valence-corrected chi connectivity index (χ3v) is 7.50. The number of hydrogen-bond donors (Lipinski definition) is 1. The SMILES string of the molecule is CC[C@@]1(O)C(=O)OCc2c1cc1n(c2=O)Cc2c-1nc1cc3c(cc1c2CC[C@@H](C)OC)OCO3. The molecule has 0 saturated heterocycles. The zero-order chi connectivity index (χ0) is 24.5. The van der Waals surface area contributed by atoms with E-state index in [0.717, 1.165) is 34.9 Å². The fourth-order valence-corrected chi connectivity index (χ4v) is 5.30. The van der Waals surface area contributed by atoms with Crippen molar-refractivity contribution in [1.29, 1.82) is 0 Å². The van der Waals surface area contributed by atoms with Gasteiger partial charge in [-0.15, -0.1) is 0 Å². The number of benzene rings is 1. The van der Waals surface area contributed by atoms with Crippen molar-refractivity contribution in [2.75, 3.05) is 13.9 Å². The molecule has 5 heterocycles. The summed E-state index contributed by atoms with van der Waals surface area (Å²) in [5.41, 5.74) is 2.51. The van der Waals surface area contributed by atoms with E-state index in [2.05, 4.69) is 0 Å². The van der Waals surface area contributed by atoms with Gasteiger partial charge in [-0.3, -0.25) is 4.79 Å². The van der Waals surface area contributed by atoms with E-state index in [0.29, 0.717) is 40.6 Å². The van der Waals surface area contributed by atoms with Gasteiger partial charge in [-0.05, 0) is 43.9 Å². The molecule has 1 N–H and O–H groups in total. The highest BCUT2D eigenvalue weighted by atomic mass is 16.7. The van der Waals surface area contributed by atoms with Gasteiger partial charge in [-0.25, -0.2) is 9.78 Å². The van der Waals surface area contributed by atoms with Crippen molar-refractivity contribution in [2.45, 2.75) is 58.0 Å². The molecule has 1 aromatic carbocycles. The molecule has 0 spiro atoms.